The van der Waals surface area contributed by atoms with Gasteiger partial charge in [-0.25, -0.2) is 13.1 Å². The molecule has 0 radical (unpaired) electrons. The summed E-state index contributed by atoms with van der Waals surface area (Å²) in [6, 6.07) is 3.10. The lowest BCUT2D eigenvalue weighted by Crippen LogP contribution is -2.28. The van der Waals surface area contributed by atoms with Crippen LogP contribution in [0.15, 0.2) is 16.3 Å². The van der Waals surface area contributed by atoms with Crippen molar-refractivity contribution in [1.29, 1.82) is 0 Å². The Morgan fingerprint density at radius 2 is 2.15 bits per heavy atom. The number of nitrogens with two attached hydrogens (primary N) is 1. The molecule has 114 valence electrons. The van der Waals surface area contributed by atoms with E-state index in [0.29, 0.717) is 18.1 Å². The van der Waals surface area contributed by atoms with Crippen molar-refractivity contribution in [3.63, 3.8) is 0 Å². The summed E-state index contributed by atoms with van der Waals surface area (Å²) in [5.41, 5.74) is 5.45. The van der Waals surface area contributed by atoms with E-state index >= 15 is 0 Å². The number of rotatable bonds is 9. The third-order valence-electron chi connectivity index (χ3n) is 2.31. The lowest BCUT2D eigenvalue weighted by atomic mass is 10.5. The maximum Gasteiger partial charge on any atom is 0.250 e. The predicted molar refractivity (Wildman–Crippen MR) is 84.8 cm³/mol. The molecule has 3 N–H and O–H groups in total. The number of sulfonamides is 1. The van der Waals surface area contributed by atoms with Gasteiger partial charge in [0.25, 0.3) is 0 Å². The van der Waals surface area contributed by atoms with Gasteiger partial charge in [-0.15, -0.1) is 11.3 Å². The molecule has 0 saturated heterocycles. The molecule has 1 heterocycles. The zero-order valence-electron chi connectivity index (χ0n) is 11.5. The number of hydrogen-bond acceptors (Lipinski definition) is 6. The Hall–Kier alpha value is -0.580. The van der Waals surface area contributed by atoms with Gasteiger partial charge in [0, 0.05) is 13.1 Å². The number of hydrogen-bond donors (Lipinski definition) is 2. The van der Waals surface area contributed by atoms with E-state index in [0.717, 1.165) is 17.9 Å². The smallest absolute Gasteiger partial charge is 0.250 e. The first kappa shape index (κ1) is 17.5. The molecular weight excluding hydrogens is 318 g/mol. The van der Waals surface area contributed by atoms with Crippen molar-refractivity contribution in [2.24, 2.45) is 5.73 Å². The van der Waals surface area contributed by atoms with Crippen LogP contribution in [-0.2, 0) is 14.8 Å². The minimum Gasteiger partial charge on any atom is -0.389 e. The summed E-state index contributed by atoms with van der Waals surface area (Å²) >= 11 is 5.86. The van der Waals surface area contributed by atoms with Gasteiger partial charge < -0.3 is 15.4 Å². The van der Waals surface area contributed by atoms with Gasteiger partial charge in [0.05, 0.1) is 18.1 Å². The number of nitrogens with one attached hydrogen (secondary N) is 1. The van der Waals surface area contributed by atoms with Crippen molar-refractivity contribution in [2.45, 2.75) is 4.21 Å². The highest BCUT2D eigenvalue weighted by Gasteiger charge is 2.16. The van der Waals surface area contributed by atoms with Crippen molar-refractivity contribution in [2.75, 3.05) is 40.4 Å². The largest absolute Gasteiger partial charge is 0.389 e. The van der Waals surface area contributed by atoms with Crippen molar-refractivity contribution in [3.05, 3.63) is 17.0 Å². The van der Waals surface area contributed by atoms with E-state index in [4.69, 9.17) is 22.7 Å². The molecule has 1 aromatic rings. The molecule has 0 spiro atoms. The van der Waals surface area contributed by atoms with Gasteiger partial charge in [-0.1, -0.05) is 12.2 Å². The first-order valence-electron chi connectivity index (χ1n) is 5.94. The molecule has 1 aromatic heterocycles. The van der Waals surface area contributed by atoms with Gasteiger partial charge in [0.1, 0.15) is 9.20 Å². The van der Waals surface area contributed by atoms with Crippen LogP contribution in [0.3, 0.4) is 0 Å². The Morgan fingerprint density at radius 1 is 1.45 bits per heavy atom. The Bertz CT molecular complexity index is 540. The summed E-state index contributed by atoms with van der Waals surface area (Å²) < 4.78 is 31.9. The summed E-state index contributed by atoms with van der Waals surface area (Å²) in [7, 11) is 0.380. The van der Waals surface area contributed by atoms with E-state index in [1.54, 1.807) is 6.07 Å². The van der Waals surface area contributed by atoms with Crippen LogP contribution < -0.4 is 10.5 Å². The number of nitrogens with zero attached hydrogens (tertiary/aromatic N) is 1. The van der Waals surface area contributed by atoms with Crippen LogP contribution in [0, 0.1) is 0 Å². The fraction of sp³-hybridized carbons (Fsp3) is 0.545. The highest BCUT2D eigenvalue weighted by molar-refractivity contribution is 7.91. The van der Waals surface area contributed by atoms with E-state index in [2.05, 4.69) is 4.72 Å². The minimum absolute atomic E-state index is 0.198. The highest BCUT2D eigenvalue weighted by atomic mass is 32.2. The minimum atomic E-state index is -3.51. The van der Waals surface area contributed by atoms with Gasteiger partial charge in [0.15, 0.2) is 0 Å². The molecule has 0 fully saturated rings. The molecule has 0 saturated carbocycles. The standard InChI is InChI=1S/C11H19N3O3S3/c1-14(2)6-8-17-7-5-13-20(15,16)10-4-3-9(19-10)11(12)18/h3-4,13H,5-8H2,1-2H3,(H2,12,18). The molecule has 0 aliphatic rings. The van der Waals surface area contributed by atoms with E-state index in [9.17, 15) is 8.42 Å². The first-order chi connectivity index (χ1) is 9.33. The van der Waals surface area contributed by atoms with Crippen molar-refractivity contribution in [3.8, 4) is 0 Å². The Labute approximate surface area is 129 Å². The topological polar surface area (TPSA) is 84.7 Å². The second kappa shape index (κ2) is 8.01. The molecule has 0 amide bonds. The van der Waals surface area contributed by atoms with Crippen LogP contribution in [0.4, 0.5) is 0 Å². The SMILES string of the molecule is CN(C)CCOCCNS(=O)(=O)c1ccc(C(N)=S)s1. The van der Waals surface area contributed by atoms with Gasteiger partial charge in [-0.3, -0.25) is 0 Å². The summed E-state index contributed by atoms with van der Waals surface area (Å²) in [6.07, 6.45) is 0. The van der Waals surface area contributed by atoms with E-state index in [1.165, 1.54) is 6.07 Å². The molecule has 0 unspecified atom stereocenters. The van der Waals surface area contributed by atoms with E-state index < -0.39 is 10.0 Å². The first-order valence-corrected chi connectivity index (χ1v) is 8.65. The van der Waals surface area contributed by atoms with Gasteiger partial charge in [-0.2, -0.15) is 0 Å². The third kappa shape index (κ3) is 5.81. The average molecular weight is 337 g/mol. The van der Waals surface area contributed by atoms with Crippen LogP contribution >= 0.6 is 23.6 Å². The molecule has 0 atom stereocenters. The van der Waals surface area contributed by atoms with Crippen LogP contribution in [0.2, 0.25) is 0 Å². The maximum atomic E-state index is 12.0. The molecule has 20 heavy (non-hydrogen) atoms. The van der Waals surface area contributed by atoms with Gasteiger partial charge >= 0.3 is 0 Å². The molecule has 0 aliphatic heterocycles. The van der Waals surface area contributed by atoms with Crippen LogP contribution in [0.1, 0.15) is 4.88 Å². The monoisotopic (exact) mass is 337 g/mol. The Kier molecular flexibility index (Phi) is 7.00. The maximum absolute atomic E-state index is 12.0. The van der Waals surface area contributed by atoms with Crippen molar-refractivity contribution in [1.82, 2.24) is 9.62 Å². The van der Waals surface area contributed by atoms with Gasteiger partial charge in [-0.05, 0) is 26.2 Å². The normalized spacial score (nSPS) is 11.9. The fourth-order valence-electron chi connectivity index (χ4n) is 1.27. The third-order valence-corrected chi connectivity index (χ3v) is 5.73. The quantitative estimate of drug-likeness (QED) is 0.496. The number of likely N-dealkylation sites (N-methyl/N-ethyl adjacent to an activating group) is 1. The molecule has 0 bridgehead atoms. The van der Waals surface area contributed by atoms with Crippen molar-refractivity contribution < 1.29 is 13.2 Å². The van der Waals surface area contributed by atoms with Crippen LogP contribution in [0.5, 0.6) is 0 Å². The molecule has 0 aromatic carbocycles. The summed E-state index contributed by atoms with van der Waals surface area (Å²) in [6.45, 7) is 1.94. The highest BCUT2D eigenvalue weighted by Crippen LogP contribution is 2.21. The number of ether oxygens (including phenoxy) is 1. The zero-order chi connectivity index (χ0) is 15.2. The van der Waals surface area contributed by atoms with E-state index in [-0.39, 0.29) is 15.7 Å². The van der Waals surface area contributed by atoms with Crippen LogP contribution in [0.25, 0.3) is 0 Å². The molecule has 0 aliphatic carbocycles. The zero-order valence-corrected chi connectivity index (χ0v) is 13.9. The molecule has 1 rings (SSSR count). The summed E-state index contributed by atoms with van der Waals surface area (Å²) in [4.78, 5) is 2.78. The molecular formula is C11H19N3O3S3. The second-order valence-electron chi connectivity index (χ2n) is 4.30. The second-order valence-corrected chi connectivity index (χ2v) is 7.81. The number of thiocarbonyl (C=S) groups is 1. The Balaban J connectivity index is 2.39. The Morgan fingerprint density at radius 3 is 2.70 bits per heavy atom. The molecule has 6 nitrogen and oxygen atoms in total. The number of thiophene rings is 1. The lowest BCUT2D eigenvalue weighted by molar-refractivity contribution is 0.122. The predicted octanol–water partition coefficient (Wildman–Crippen LogP) is 0.239. The summed E-state index contributed by atoms with van der Waals surface area (Å²) in [5, 5.41) is 0. The summed E-state index contributed by atoms with van der Waals surface area (Å²) in [5.74, 6) is 0. The van der Waals surface area contributed by atoms with Crippen LogP contribution in [-0.4, -0.2) is 58.7 Å². The lowest BCUT2D eigenvalue weighted by Gasteiger charge is -2.10. The van der Waals surface area contributed by atoms with Crippen molar-refractivity contribution >= 4 is 38.6 Å². The fourth-order valence-corrected chi connectivity index (χ4v) is 3.67. The molecule has 9 heteroatoms. The van der Waals surface area contributed by atoms with E-state index in [1.807, 2.05) is 19.0 Å². The van der Waals surface area contributed by atoms with Gasteiger partial charge in [0.2, 0.25) is 10.0 Å². The average Bonchev–Trinajstić information content (AvgIpc) is 2.83.